The first kappa shape index (κ1) is 9.08. The van der Waals surface area contributed by atoms with Crippen molar-refractivity contribution in [3.05, 3.63) is 12.2 Å². The van der Waals surface area contributed by atoms with E-state index >= 15 is 0 Å². The predicted molar refractivity (Wildman–Crippen MR) is 39.7 cm³/mol. The Morgan fingerprint density at radius 3 is 2.30 bits per heavy atom. The summed E-state index contributed by atoms with van der Waals surface area (Å²) in [6.45, 7) is 3.03. The molecule has 0 heterocycles. The van der Waals surface area contributed by atoms with Gasteiger partial charge >= 0.3 is 0 Å². The smallest absolute Gasteiger partial charge is 0.152 e. The van der Waals surface area contributed by atoms with E-state index in [1.54, 1.807) is 13.0 Å². The average molecular weight is 140 g/mol. The molecule has 0 fully saturated rings. The van der Waals surface area contributed by atoms with E-state index in [4.69, 9.17) is 0 Å². The lowest BCUT2D eigenvalue weighted by molar-refractivity contribution is -0.117. The molecule has 0 N–H and O–H groups in total. The standard InChI is InChI=1S/C8H12O2/c1-7(9)5-3-4-6-8(2)10/h3,5H,4,6H2,1-2H3. The van der Waals surface area contributed by atoms with Gasteiger partial charge in [0.1, 0.15) is 5.78 Å². The topological polar surface area (TPSA) is 34.1 Å². The van der Waals surface area contributed by atoms with Gasteiger partial charge < -0.3 is 4.79 Å². The molecular weight excluding hydrogens is 128 g/mol. The highest BCUT2D eigenvalue weighted by Crippen LogP contribution is 1.91. The summed E-state index contributed by atoms with van der Waals surface area (Å²) < 4.78 is 0. The number of rotatable bonds is 4. The fourth-order valence-electron chi connectivity index (χ4n) is 0.536. The number of hydrogen-bond donors (Lipinski definition) is 0. The van der Waals surface area contributed by atoms with E-state index in [-0.39, 0.29) is 11.6 Å². The second kappa shape index (κ2) is 4.91. The van der Waals surface area contributed by atoms with Crippen LogP contribution in [0.3, 0.4) is 0 Å². The summed E-state index contributed by atoms with van der Waals surface area (Å²) in [4.78, 5) is 20.7. The van der Waals surface area contributed by atoms with E-state index < -0.39 is 0 Å². The van der Waals surface area contributed by atoms with Crippen LogP contribution in [0, 0.1) is 0 Å². The van der Waals surface area contributed by atoms with E-state index in [1.165, 1.54) is 13.0 Å². The average Bonchev–Trinajstić information content (AvgIpc) is 1.79. The maximum Gasteiger partial charge on any atom is 0.152 e. The Morgan fingerprint density at radius 1 is 1.30 bits per heavy atom. The molecule has 0 aliphatic heterocycles. The summed E-state index contributed by atoms with van der Waals surface area (Å²) >= 11 is 0. The van der Waals surface area contributed by atoms with Crippen LogP contribution in [0.4, 0.5) is 0 Å². The van der Waals surface area contributed by atoms with Crippen LogP contribution >= 0.6 is 0 Å². The van der Waals surface area contributed by atoms with Gasteiger partial charge in [-0.05, 0) is 26.3 Å². The van der Waals surface area contributed by atoms with Crippen LogP contribution in [0.1, 0.15) is 26.7 Å². The Kier molecular flexibility index (Phi) is 4.46. The molecular formula is C8H12O2. The van der Waals surface area contributed by atoms with Gasteiger partial charge in [-0.2, -0.15) is 0 Å². The van der Waals surface area contributed by atoms with Crippen molar-refractivity contribution < 1.29 is 9.59 Å². The lowest BCUT2D eigenvalue weighted by Crippen LogP contribution is -1.87. The van der Waals surface area contributed by atoms with Gasteiger partial charge in [-0.3, -0.25) is 4.79 Å². The molecule has 0 aliphatic carbocycles. The Bertz CT molecular complexity index is 157. The molecule has 2 heteroatoms. The summed E-state index contributed by atoms with van der Waals surface area (Å²) in [6.07, 6.45) is 4.42. The Labute approximate surface area is 60.9 Å². The van der Waals surface area contributed by atoms with Crippen molar-refractivity contribution in [3.8, 4) is 0 Å². The van der Waals surface area contributed by atoms with Gasteiger partial charge in [0, 0.05) is 6.42 Å². The highest BCUT2D eigenvalue weighted by atomic mass is 16.1. The molecule has 0 spiro atoms. The van der Waals surface area contributed by atoms with E-state index in [0.717, 1.165) is 0 Å². The number of ketones is 2. The molecule has 56 valence electrons. The van der Waals surface area contributed by atoms with E-state index in [0.29, 0.717) is 12.8 Å². The molecule has 0 radical (unpaired) electrons. The monoisotopic (exact) mass is 140 g/mol. The lowest BCUT2D eigenvalue weighted by Gasteiger charge is -1.85. The maximum atomic E-state index is 10.4. The zero-order valence-electron chi connectivity index (χ0n) is 6.39. The third-order valence-corrected chi connectivity index (χ3v) is 1.02. The van der Waals surface area contributed by atoms with Gasteiger partial charge in [0.05, 0.1) is 0 Å². The number of carbonyl (C=O) groups is 2. The van der Waals surface area contributed by atoms with Crippen molar-refractivity contribution in [2.24, 2.45) is 0 Å². The van der Waals surface area contributed by atoms with Crippen molar-refractivity contribution in [1.82, 2.24) is 0 Å². The van der Waals surface area contributed by atoms with Gasteiger partial charge in [0.25, 0.3) is 0 Å². The van der Waals surface area contributed by atoms with E-state index in [2.05, 4.69) is 0 Å². The van der Waals surface area contributed by atoms with Crippen LogP contribution in [0.5, 0.6) is 0 Å². The molecule has 0 aromatic carbocycles. The molecule has 0 rings (SSSR count). The van der Waals surface area contributed by atoms with Crippen LogP contribution in [-0.4, -0.2) is 11.6 Å². The highest BCUT2D eigenvalue weighted by Gasteiger charge is 1.88. The predicted octanol–water partition coefficient (Wildman–Crippen LogP) is 1.50. The number of allylic oxidation sites excluding steroid dienone is 2. The molecule has 0 amide bonds. The third-order valence-electron chi connectivity index (χ3n) is 1.02. The second-order valence-corrected chi connectivity index (χ2v) is 2.25. The summed E-state index contributed by atoms with van der Waals surface area (Å²) in [5.41, 5.74) is 0. The molecule has 2 nitrogen and oxygen atoms in total. The minimum atomic E-state index is 0.0311. The molecule has 0 saturated carbocycles. The summed E-state index contributed by atoms with van der Waals surface area (Å²) in [5.74, 6) is 0.191. The zero-order chi connectivity index (χ0) is 7.98. The van der Waals surface area contributed by atoms with Gasteiger partial charge in [-0.15, -0.1) is 0 Å². The molecule has 0 unspecified atom stereocenters. The quantitative estimate of drug-likeness (QED) is 0.554. The largest absolute Gasteiger partial charge is 0.300 e. The first-order chi connectivity index (χ1) is 4.63. The fraction of sp³-hybridized carbons (Fsp3) is 0.500. The maximum absolute atomic E-state index is 10.4. The zero-order valence-corrected chi connectivity index (χ0v) is 6.39. The van der Waals surface area contributed by atoms with Crippen LogP contribution in [0.15, 0.2) is 12.2 Å². The minimum Gasteiger partial charge on any atom is -0.300 e. The first-order valence-electron chi connectivity index (χ1n) is 3.29. The van der Waals surface area contributed by atoms with Crippen molar-refractivity contribution in [1.29, 1.82) is 0 Å². The van der Waals surface area contributed by atoms with Crippen LogP contribution in [0.25, 0.3) is 0 Å². The Balaban J connectivity index is 3.36. The van der Waals surface area contributed by atoms with Crippen molar-refractivity contribution in [2.45, 2.75) is 26.7 Å². The van der Waals surface area contributed by atoms with Crippen molar-refractivity contribution in [3.63, 3.8) is 0 Å². The Hall–Kier alpha value is -0.920. The lowest BCUT2D eigenvalue weighted by atomic mass is 10.2. The molecule has 10 heavy (non-hydrogen) atoms. The summed E-state index contributed by atoms with van der Waals surface area (Å²) in [7, 11) is 0. The SMILES string of the molecule is CC(=O)C=CCCC(C)=O. The van der Waals surface area contributed by atoms with Crippen molar-refractivity contribution in [2.75, 3.05) is 0 Å². The number of Topliss-reactive ketones (excluding diaryl/α,β-unsaturated/α-hetero) is 1. The number of carbonyl (C=O) groups excluding carboxylic acids is 2. The minimum absolute atomic E-state index is 0.0311. The van der Waals surface area contributed by atoms with Gasteiger partial charge in [0.2, 0.25) is 0 Å². The molecule has 0 atom stereocenters. The molecule has 0 bridgehead atoms. The van der Waals surface area contributed by atoms with Gasteiger partial charge in [-0.25, -0.2) is 0 Å². The second-order valence-electron chi connectivity index (χ2n) is 2.25. The van der Waals surface area contributed by atoms with Gasteiger partial charge in [-0.1, -0.05) is 6.08 Å². The van der Waals surface area contributed by atoms with Crippen LogP contribution in [0.2, 0.25) is 0 Å². The molecule has 0 aromatic heterocycles. The summed E-state index contributed by atoms with van der Waals surface area (Å²) in [5, 5.41) is 0. The van der Waals surface area contributed by atoms with Crippen LogP contribution in [-0.2, 0) is 9.59 Å². The van der Waals surface area contributed by atoms with E-state index in [9.17, 15) is 9.59 Å². The highest BCUT2D eigenvalue weighted by molar-refractivity contribution is 5.87. The molecule has 0 aromatic rings. The number of hydrogen-bond acceptors (Lipinski definition) is 2. The summed E-state index contributed by atoms with van der Waals surface area (Å²) in [6, 6.07) is 0. The first-order valence-corrected chi connectivity index (χ1v) is 3.29. The third kappa shape index (κ3) is 7.08. The molecule has 0 aliphatic rings. The van der Waals surface area contributed by atoms with Gasteiger partial charge in [0.15, 0.2) is 5.78 Å². The molecule has 0 saturated heterocycles. The normalized spacial score (nSPS) is 10.2. The van der Waals surface area contributed by atoms with Crippen LogP contribution < -0.4 is 0 Å². The Morgan fingerprint density at radius 2 is 1.90 bits per heavy atom. The van der Waals surface area contributed by atoms with Crippen molar-refractivity contribution >= 4 is 11.6 Å². The van der Waals surface area contributed by atoms with E-state index in [1.807, 2.05) is 0 Å². The fourth-order valence-corrected chi connectivity index (χ4v) is 0.536.